The number of benzene rings is 3. The lowest BCUT2D eigenvalue weighted by molar-refractivity contribution is 0.0845. The molecule has 2 heterocycles. The Hall–Kier alpha value is -5.05. The second-order valence-corrected chi connectivity index (χ2v) is 7.90. The molecule has 0 aliphatic rings. The predicted octanol–water partition coefficient (Wildman–Crippen LogP) is 4.11. The molecule has 180 valence electrons. The monoisotopic (exact) mass is 481 g/mol. The molecule has 0 saturated carbocycles. The number of rotatable bonds is 6. The molecule has 9 heteroatoms. The normalized spacial score (nSPS) is 10.7. The second kappa shape index (κ2) is 9.67. The van der Waals surface area contributed by atoms with Crippen LogP contribution in [0.15, 0.2) is 85.2 Å². The van der Waals surface area contributed by atoms with Gasteiger partial charge in [-0.05, 0) is 35.9 Å². The number of nitrogens with one attached hydrogen (secondary N) is 3. The van der Waals surface area contributed by atoms with Gasteiger partial charge in [0.2, 0.25) is 0 Å². The van der Waals surface area contributed by atoms with Crippen LogP contribution in [0.25, 0.3) is 27.7 Å². The van der Waals surface area contributed by atoms with Crippen molar-refractivity contribution in [2.24, 2.45) is 0 Å². The van der Waals surface area contributed by atoms with Crippen molar-refractivity contribution in [3.05, 3.63) is 96.4 Å². The summed E-state index contributed by atoms with van der Waals surface area (Å²) in [6.45, 7) is 0. The summed E-state index contributed by atoms with van der Waals surface area (Å²) in [6.07, 6.45) is 3.36. The number of hydrogen-bond donors (Lipinski definition) is 3. The molecule has 0 aliphatic heterocycles. The first-order valence-electron chi connectivity index (χ1n) is 11.1. The summed E-state index contributed by atoms with van der Waals surface area (Å²) in [4.78, 5) is 29.1. The second-order valence-electron chi connectivity index (χ2n) is 7.90. The lowest BCUT2D eigenvalue weighted by Crippen LogP contribution is -2.42. The van der Waals surface area contributed by atoms with E-state index in [2.05, 4.69) is 20.9 Å². The molecule has 5 rings (SSSR count). The number of H-pyrrole nitrogens is 1. The average molecular weight is 482 g/mol. The molecule has 0 radical (unpaired) electrons. The molecule has 2 aromatic heterocycles. The number of nitrogens with zero attached hydrogens (tertiary/aromatic N) is 2. The molecule has 3 aromatic carbocycles. The third-order valence-electron chi connectivity index (χ3n) is 5.77. The van der Waals surface area contributed by atoms with Crippen molar-refractivity contribution in [2.75, 3.05) is 14.2 Å². The van der Waals surface area contributed by atoms with Crippen molar-refractivity contribution >= 4 is 22.7 Å². The highest BCUT2D eigenvalue weighted by Gasteiger charge is 2.21. The van der Waals surface area contributed by atoms with E-state index in [-0.39, 0.29) is 5.69 Å². The van der Waals surface area contributed by atoms with E-state index < -0.39 is 11.8 Å². The van der Waals surface area contributed by atoms with Gasteiger partial charge in [-0.1, -0.05) is 42.5 Å². The van der Waals surface area contributed by atoms with Crippen molar-refractivity contribution in [1.29, 1.82) is 0 Å². The van der Waals surface area contributed by atoms with Gasteiger partial charge in [-0.25, -0.2) is 4.68 Å². The van der Waals surface area contributed by atoms with E-state index >= 15 is 0 Å². The van der Waals surface area contributed by atoms with Crippen molar-refractivity contribution < 1.29 is 19.1 Å². The molecule has 9 nitrogen and oxygen atoms in total. The van der Waals surface area contributed by atoms with Crippen LogP contribution < -0.4 is 20.3 Å². The van der Waals surface area contributed by atoms with Gasteiger partial charge in [-0.3, -0.25) is 20.4 Å². The van der Waals surface area contributed by atoms with Crippen LogP contribution in [0.1, 0.15) is 20.8 Å². The largest absolute Gasteiger partial charge is 0.493 e. The molecular formula is C27H23N5O4. The summed E-state index contributed by atoms with van der Waals surface area (Å²) < 4.78 is 12.4. The Bertz CT molecular complexity index is 1560. The minimum atomic E-state index is -0.567. The number of methoxy groups -OCH3 is 2. The Morgan fingerprint density at radius 3 is 2.36 bits per heavy atom. The number of fused-ring (bicyclic) bond motifs is 1. The molecule has 2 amide bonds. The number of carbonyl (C=O) groups is 2. The van der Waals surface area contributed by atoms with Crippen LogP contribution in [0.2, 0.25) is 0 Å². The lowest BCUT2D eigenvalue weighted by atomic mass is 10.1. The summed E-state index contributed by atoms with van der Waals surface area (Å²) in [5, 5.41) is 5.27. The Morgan fingerprint density at radius 1 is 0.861 bits per heavy atom. The Balaban J connectivity index is 1.46. The van der Waals surface area contributed by atoms with Gasteiger partial charge < -0.3 is 14.5 Å². The van der Waals surface area contributed by atoms with Crippen LogP contribution in [0, 0.1) is 0 Å². The third-order valence-corrected chi connectivity index (χ3v) is 5.77. The lowest BCUT2D eigenvalue weighted by Gasteiger charge is -2.10. The van der Waals surface area contributed by atoms with Crippen molar-refractivity contribution in [1.82, 2.24) is 25.6 Å². The molecule has 3 N–H and O–H groups in total. The minimum absolute atomic E-state index is 0.130. The molecule has 36 heavy (non-hydrogen) atoms. The Kier molecular flexibility index (Phi) is 6.10. The summed E-state index contributed by atoms with van der Waals surface area (Å²) >= 11 is 0. The maximum atomic E-state index is 13.2. The van der Waals surface area contributed by atoms with E-state index in [4.69, 9.17) is 9.47 Å². The van der Waals surface area contributed by atoms with Gasteiger partial charge in [0.05, 0.1) is 25.5 Å². The smallest absolute Gasteiger partial charge is 0.290 e. The zero-order chi connectivity index (χ0) is 25.1. The topological polar surface area (TPSA) is 110 Å². The van der Waals surface area contributed by atoms with Crippen molar-refractivity contribution in [3.8, 4) is 28.3 Å². The molecule has 0 bridgehead atoms. The highest BCUT2D eigenvalue weighted by molar-refractivity contribution is 6.08. The first-order valence-corrected chi connectivity index (χ1v) is 11.1. The van der Waals surface area contributed by atoms with Gasteiger partial charge in [-0.15, -0.1) is 0 Å². The first-order chi connectivity index (χ1) is 17.6. The zero-order valence-corrected chi connectivity index (χ0v) is 19.6. The first kappa shape index (κ1) is 22.7. The standard InChI is InChI=1S/C27H23N5O4/c1-35-23-13-12-17(14-24(23)36-2)21-16-32(18-8-4-3-5-9-18)31-25(21)27(34)30-29-26(33)20-15-28-22-11-7-6-10-19(20)22/h3-16,28H,1-2H3,(H,29,33)(H,30,34). The molecule has 0 spiro atoms. The van der Waals surface area contributed by atoms with Crippen LogP contribution in [-0.2, 0) is 0 Å². The number of aromatic nitrogens is 3. The number of ether oxygens (including phenoxy) is 2. The van der Waals surface area contributed by atoms with Gasteiger partial charge in [0.1, 0.15) is 0 Å². The van der Waals surface area contributed by atoms with Gasteiger partial charge in [0.15, 0.2) is 17.2 Å². The maximum Gasteiger partial charge on any atom is 0.290 e. The average Bonchev–Trinajstić information content (AvgIpc) is 3.57. The van der Waals surface area contributed by atoms with Gasteiger partial charge in [0.25, 0.3) is 11.8 Å². The van der Waals surface area contributed by atoms with Crippen LogP contribution >= 0.6 is 0 Å². The highest BCUT2D eigenvalue weighted by atomic mass is 16.5. The summed E-state index contributed by atoms with van der Waals surface area (Å²) in [6, 6.07) is 22.2. The molecule has 0 unspecified atom stereocenters. The Morgan fingerprint density at radius 2 is 1.58 bits per heavy atom. The summed E-state index contributed by atoms with van der Waals surface area (Å²) in [5.74, 6) is 0.0637. The van der Waals surface area contributed by atoms with Crippen LogP contribution in [0.3, 0.4) is 0 Å². The number of hydrogen-bond acceptors (Lipinski definition) is 5. The van der Waals surface area contributed by atoms with Crippen LogP contribution in [0.4, 0.5) is 0 Å². The molecular weight excluding hydrogens is 458 g/mol. The van der Waals surface area contributed by atoms with E-state index in [9.17, 15) is 9.59 Å². The zero-order valence-electron chi connectivity index (χ0n) is 19.6. The van der Waals surface area contributed by atoms with Crippen molar-refractivity contribution in [3.63, 3.8) is 0 Å². The van der Waals surface area contributed by atoms with Crippen LogP contribution in [-0.4, -0.2) is 40.8 Å². The van der Waals surface area contributed by atoms with E-state index in [1.165, 1.54) is 0 Å². The van der Waals surface area contributed by atoms with E-state index in [0.717, 1.165) is 16.6 Å². The number of aromatic amines is 1. The Labute approximate surface area is 206 Å². The molecule has 0 saturated heterocycles. The molecule has 0 atom stereocenters. The summed E-state index contributed by atoms with van der Waals surface area (Å²) in [7, 11) is 3.10. The van der Waals surface area contributed by atoms with Crippen molar-refractivity contribution in [2.45, 2.75) is 0 Å². The number of carbonyl (C=O) groups excluding carboxylic acids is 2. The maximum absolute atomic E-state index is 13.2. The molecule has 0 aliphatic carbocycles. The minimum Gasteiger partial charge on any atom is -0.493 e. The SMILES string of the molecule is COc1ccc(-c2cn(-c3ccccc3)nc2C(=O)NNC(=O)c2c[nH]c3ccccc23)cc1OC. The van der Waals surface area contributed by atoms with Gasteiger partial charge in [0, 0.05) is 28.9 Å². The third kappa shape index (κ3) is 4.25. The quantitative estimate of drug-likeness (QED) is 0.316. The molecule has 0 fully saturated rings. The van der Waals surface area contributed by atoms with Crippen LogP contribution in [0.5, 0.6) is 11.5 Å². The fraction of sp³-hybridized carbons (Fsp3) is 0.0741. The highest BCUT2D eigenvalue weighted by Crippen LogP contribution is 2.34. The fourth-order valence-electron chi connectivity index (χ4n) is 3.97. The van der Waals surface area contributed by atoms with E-state index in [1.807, 2.05) is 60.7 Å². The number of hydrazine groups is 1. The van der Waals surface area contributed by atoms with Gasteiger partial charge in [-0.2, -0.15) is 5.10 Å². The molecule has 5 aromatic rings. The summed E-state index contributed by atoms with van der Waals surface area (Å²) in [5.41, 5.74) is 8.39. The number of amides is 2. The predicted molar refractivity (Wildman–Crippen MR) is 135 cm³/mol. The van der Waals surface area contributed by atoms with E-state index in [0.29, 0.717) is 28.2 Å². The number of para-hydroxylation sites is 2. The van der Waals surface area contributed by atoms with Gasteiger partial charge >= 0.3 is 0 Å². The van der Waals surface area contributed by atoms with E-state index in [1.54, 1.807) is 43.4 Å². The fourth-order valence-corrected chi connectivity index (χ4v) is 3.97.